The Morgan fingerprint density at radius 2 is 2.04 bits per heavy atom. The molecule has 3 N–H and O–H groups in total. The van der Waals surface area contributed by atoms with Gasteiger partial charge in [0, 0.05) is 12.2 Å². The van der Waals surface area contributed by atoms with E-state index in [1.54, 1.807) is 7.11 Å². The molecule has 0 atom stereocenters. The van der Waals surface area contributed by atoms with Crippen LogP contribution in [0.15, 0.2) is 45.9 Å². The number of hydrogen-bond acceptors (Lipinski definition) is 2. The Labute approximate surface area is 174 Å². The molecule has 25 heavy (non-hydrogen) atoms. The molecule has 0 saturated heterocycles. The van der Waals surface area contributed by atoms with Gasteiger partial charge in [-0.15, -0.1) is 24.0 Å². The summed E-state index contributed by atoms with van der Waals surface area (Å²) in [5.41, 5.74) is 11.0. The predicted molar refractivity (Wildman–Crippen MR) is 118 cm³/mol. The fourth-order valence-corrected chi connectivity index (χ4v) is 3.68. The van der Waals surface area contributed by atoms with Crippen LogP contribution in [0.4, 0.5) is 5.69 Å². The summed E-state index contributed by atoms with van der Waals surface area (Å²) < 4.78 is 6.38. The van der Waals surface area contributed by atoms with E-state index < -0.39 is 0 Å². The van der Waals surface area contributed by atoms with Crippen molar-refractivity contribution in [1.82, 2.24) is 0 Å². The molecule has 0 fully saturated rings. The number of aryl methyl sites for hydroxylation is 2. The summed E-state index contributed by atoms with van der Waals surface area (Å²) in [6.45, 7) is 0.608. The van der Waals surface area contributed by atoms with Gasteiger partial charge in [0.1, 0.15) is 5.75 Å². The van der Waals surface area contributed by atoms with Gasteiger partial charge in [-0.25, -0.2) is 0 Å². The molecule has 134 valence electrons. The van der Waals surface area contributed by atoms with Crippen molar-refractivity contribution in [1.29, 1.82) is 0 Å². The lowest BCUT2D eigenvalue weighted by Crippen LogP contribution is -2.23. The fourth-order valence-electron chi connectivity index (χ4n) is 3.11. The third-order valence-corrected chi connectivity index (χ3v) is 4.91. The Balaban J connectivity index is 0.00000225. The molecule has 3 rings (SSSR count). The number of methoxy groups -OCH3 is 1. The van der Waals surface area contributed by atoms with Crippen molar-refractivity contribution in [2.45, 2.75) is 25.7 Å². The molecule has 0 aliphatic heterocycles. The highest BCUT2D eigenvalue weighted by Crippen LogP contribution is 2.29. The number of fused-ring (bicyclic) bond motifs is 1. The zero-order valence-electron chi connectivity index (χ0n) is 14.2. The van der Waals surface area contributed by atoms with Crippen LogP contribution in [0.25, 0.3) is 0 Å². The number of guanidine groups is 1. The Hall–Kier alpha value is -1.28. The van der Waals surface area contributed by atoms with Gasteiger partial charge >= 0.3 is 0 Å². The maximum Gasteiger partial charge on any atom is 0.193 e. The number of halogens is 2. The lowest BCUT2D eigenvalue weighted by Gasteiger charge is -2.10. The summed E-state index contributed by atoms with van der Waals surface area (Å²) in [5, 5.41) is 3.19. The molecule has 0 spiro atoms. The van der Waals surface area contributed by atoms with E-state index >= 15 is 0 Å². The predicted octanol–water partition coefficient (Wildman–Crippen LogP) is 4.53. The number of anilines is 1. The second-order valence-corrected chi connectivity index (χ2v) is 6.77. The second kappa shape index (κ2) is 9.43. The van der Waals surface area contributed by atoms with Crippen LogP contribution in [0.1, 0.15) is 23.1 Å². The number of para-hydroxylation sites is 1. The first-order valence-electron chi connectivity index (χ1n) is 8.17. The molecule has 0 aromatic heterocycles. The topological polar surface area (TPSA) is 59.6 Å². The molecule has 2 aromatic rings. The summed E-state index contributed by atoms with van der Waals surface area (Å²) >= 11 is 3.50. The first-order valence-corrected chi connectivity index (χ1v) is 8.97. The maximum absolute atomic E-state index is 6.01. The van der Waals surface area contributed by atoms with Gasteiger partial charge in [0.15, 0.2) is 5.96 Å². The summed E-state index contributed by atoms with van der Waals surface area (Å²) in [4.78, 5) is 4.43. The average molecular weight is 516 g/mol. The van der Waals surface area contributed by atoms with Crippen LogP contribution in [0, 0.1) is 0 Å². The minimum atomic E-state index is 0. The first-order chi connectivity index (χ1) is 11.7. The van der Waals surface area contributed by atoms with Crippen LogP contribution in [-0.2, 0) is 19.3 Å². The third-order valence-electron chi connectivity index (χ3n) is 4.29. The highest BCUT2D eigenvalue weighted by molar-refractivity contribution is 14.0. The summed E-state index contributed by atoms with van der Waals surface area (Å²) in [6.07, 6.45) is 4.37. The number of nitrogens with one attached hydrogen (secondary N) is 1. The van der Waals surface area contributed by atoms with Crippen molar-refractivity contribution in [3.8, 4) is 5.75 Å². The van der Waals surface area contributed by atoms with Gasteiger partial charge in [0.2, 0.25) is 0 Å². The molecule has 1 aliphatic rings. The van der Waals surface area contributed by atoms with E-state index in [1.165, 1.54) is 24.0 Å². The van der Waals surface area contributed by atoms with E-state index in [0.717, 1.165) is 34.3 Å². The number of aliphatic imine (C=N–C) groups is 1. The minimum absolute atomic E-state index is 0. The lowest BCUT2D eigenvalue weighted by molar-refractivity contribution is 0.407. The molecule has 0 radical (unpaired) electrons. The molecule has 1 aliphatic carbocycles. The molecule has 4 nitrogen and oxygen atoms in total. The molecule has 0 unspecified atom stereocenters. The van der Waals surface area contributed by atoms with Crippen molar-refractivity contribution in [2.75, 3.05) is 19.0 Å². The quantitative estimate of drug-likeness (QED) is 0.349. The van der Waals surface area contributed by atoms with Gasteiger partial charge in [-0.1, -0.05) is 18.2 Å². The normalized spacial score (nSPS) is 13.1. The molecule has 0 bridgehead atoms. The van der Waals surface area contributed by atoms with Gasteiger partial charge in [-0.05, 0) is 76.5 Å². The van der Waals surface area contributed by atoms with Crippen LogP contribution in [0.5, 0.6) is 5.75 Å². The van der Waals surface area contributed by atoms with Crippen molar-refractivity contribution >= 4 is 51.6 Å². The average Bonchev–Trinajstić information content (AvgIpc) is 3.02. The smallest absolute Gasteiger partial charge is 0.193 e. The molecule has 0 saturated carbocycles. The van der Waals surface area contributed by atoms with Crippen LogP contribution in [-0.4, -0.2) is 19.6 Å². The van der Waals surface area contributed by atoms with Crippen LogP contribution in [0.2, 0.25) is 0 Å². The third kappa shape index (κ3) is 5.10. The second-order valence-electron chi connectivity index (χ2n) is 5.91. The number of hydrogen-bond donors (Lipinski definition) is 2. The van der Waals surface area contributed by atoms with Gasteiger partial charge in [-0.3, -0.25) is 4.99 Å². The maximum atomic E-state index is 6.01. The van der Waals surface area contributed by atoms with E-state index in [2.05, 4.69) is 44.4 Å². The summed E-state index contributed by atoms with van der Waals surface area (Å²) in [7, 11) is 1.68. The zero-order chi connectivity index (χ0) is 16.9. The van der Waals surface area contributed by atoms with Crippen molar-refractivity contribution in [3.63, 3.8) is 0 Å². The number of nitrogens with two attached hydrogens (primary N) is 1. The largest absolute Gasteiger partial charge is 0.495 e. The molecule has 0 amide bonds. The highest BCUT2D eigenvalue weighted by atomic mass is 127. The van der Waals surface area contributed by atoms with E-state index in [0.29, 0.717) is 12.5 Å². The van der Waals surface area contributed by atoms with Crippen molar-refractivity contribution in [3.05, 3.63) is 57.6 Å². The van der Waals surface area contributed by atoms with Crippen molar-refractivity contribution in [2.24, 2.45) is 10.7 Å². The molecular weight excluding hydrogens is 493 g/mol. The van der Waals surface area contributed by atoms with Gasteiger partial charge < -0.3 is 15.8 Å². The Kier molecular flexibility index (Phi) is 7.56. The van der Waals surface area contributed by atoms with Gasteiger partial charge in [0.05, 0.1) is 11.6 Å². The molecular formula is C19H23BrIN3O. The highest BCUT2D eigenvalue weighted by Gasteiger charge is 2.11. The Morgan fingerprint density at radius 1 is 1.24 bits per heavy atom. The van der Waals surface area contributed by atoms with E-state index in [4.69, 9.17) is 10.5 Å². The van der Waals surface area contributed by atoms with Crippen LogP contribution >= 0.6 is 39.9 Å². The Morgan fingerprint density at radius 3 is 2.84 bits per heavy atom. The lowest BCUT2D eigenvalue weighted by atomic mass is 10.1. The van der Waals surface area contributed by atoms with Gasteiger partial charge in [-0.2, -0.15) is 0 Å². The summed E-state index contributed by atoms with van der Waals surface area (Å²) in [5.74, 6) is 1.31. The summed E-state index contributed by atoms with van der Waals surface area (Å²) in [6, 6.07) is 12.5. The van der Waals surface area contributed by atoms with E-state index in [1.807, 2.05) is 18.2 Å². The van der Waals surface area contributed by atoms with E-state index in [9.17, 15) is 0 Å². The standard InChI is InChI=1S/C19H22BrN3O.HI/c1-24-18-14(5-3-7-17(18)20)10-11-22-19(21)23-16-9-8-13-4-2-6-15(13)12-16;/h3,5,7-9,12H,2,4,6,10-11H2,1H3,(H3,21,22,23);1H. The molecule has 2 aromatic carbocycles. The van der Waals surface area contributed by atoms with Crippen molar-refractivity contribution < 1.29 is 4.74 Å². The van der Waals surface area contributed by atoms with Gasteiger partial charge in [0.25, 0.3) is 0 Å². The number of nitrogens with zero attached hydrogens (tertiary/aromatic N) is 1. The van der Waals surface area contributed by atoms with E-state index in [-0.39, 0.29) is 24.0 Å². The monoisotopic (exact) mass is 515 g/mol. The number of ether oxygens (including phenoxy) is 1. The number of rotatable bonds is 5. The fraction of sp³-hybridized carbons (Fsp3) is 0.316. The zero-order valence-corrected chi connectivity index (χ0v) is 18.1. The van der Waals surface area contributed by atoms with Crippen LogP contribution < -0.4 is 15.8 Å². The SMILES string of the molecule is COc1c(Br)cccc1CCN=C(N)Nc1ccc2c(c1)CCC2.I. The minimum Gasteiger partial charge on any atom is -0.495 e. The molecule has 0 heterocycles. The Bertz CT molecular complexity index is 764. The van der Waals surface area contributed by atoms with Crippen LogP contribution in [0.3, 0.4) is 0 Å². The molecule has 6 heteroatoms. The number of benzene rings is 2. The first kappa shape index (κ1) is 20.0.